The van der Waals surface area contributed by atoms with E-state index in [0.717, 1.165) is 12.8 Å². The Labute approximate surface area is 126 Å². The van der Waals surface area contributed by atoms with Gasteiger partial charge in [-0.15, -0.1) is 0 Å². The summed E-state index contributed by atoms with van der Waals surface area (Å²) >= 11 is 1.83. The van der Waals surface area contributed by atoms with Gasteiger partial charge in [0.25, 0.3) is 0 Å². The molecule has 0 heterocycles. The van der Waals surface area contributed by atoms with E-state index in [1.807, 2.05) is 11.8 Å². The number of nitrogens with one attached hydrogen (secondary N) is 2. The summed E-state index contributed by atoms with van der Waals surface area (Å²) < 4.78 is 0. The lowest BCUT2D eigenvalue weighted by Crippen LogP contribution is -2.47. The lowest BCUT2D eigenvalue weighted by molar-refractivity contribution is -0.126. The standard InChI is InChI=1S/C15H28N2O2S/c1-11(2)8-9-14(18)16-10-15(19)17-12-6-4-5-7-13(12)20-3/h11-13H,4-10H2,1-3H3,(H,16,18)(H,17,19)/t12-,13-/m0/s1. The molecule has 4 nitrogen and oxygen atoms in total. The molecule has 2 atom stereocenters. The van der Waals surface area contributed by atoms with Crippen molar-refractivity contribution in [2.45, 2.75) is 63.7 Å². The molecule has 0 aromatic rings. The average molecular weight is 300 g/mol. The molecule has 0 aromatic carbocycles. The van der Waals surface area contributed by atoms with Crippen LogP contribution in [-0.2, 0) is 9.59 Å². The van der Waals surface area contributed by atoms with E-state index in [2.05, 4.69) is 30.7 Å². The zero-order chi connectivity index (χ0) is 15.0. The van der Waals surface area contributed by atoms with Crippen LogP contribution in [0.5, 0.6) is 0 Å². The van der Waals surface area contributed by atoms with Crippen LogP contribution >= 0.6 is 11.8 Å². The van der Waals surface area contributed by atoms with Crippen LogP contribution in [0.1, 0.15) is 52.4 Å². The van der Waals surface area contributed by atoms with E-state index >= 15 is 0 Å². The summed E-state index contributed by atoms with van der Waals surface area (Å²) in [5.74, 6) is 0.423. The van der Waals surface area contributed by atoms with Crippen LogP contribution in [0.3, 0.4) is 0 Å². The molecule has 1 aliphatic rings. The lowest BCUT2D eigenvalue weighted by atomic mass is 9.95. The SMILES string of the molecule is CS[C@H]1CCCC[C@@H]1NC(=O)CNC(=O)CCC(C)C. The number of carbonyl (C=O) groups excluding carboxylic acids is 2. The first-order valence-electron chi connectivity index (χ1n) is 7.61. The zero-order valence-corrected chi connectivity index (χ0v) is 13.7. The lowest BCUT2D eigenvalue weighted by Gasteiger charge is -2.30. The molecule has 1 aliphatic carbocycles. The minimum atomic E-state index is -0.0613. The summed E-state index contributed by atoms with van der Waals surface area (Å²) in [7, 11) is 0. The van der Waals surface area contributed by atoms with Crippen LogP contribution in [0.15, 0.2) is 0 Å². The summed E-state index contributed by atoms with van der Waals surface area (Å²) in [4.78, 5) is 23.4. The number of hydrogen-bond acceptors (Lipinski definition) is 3. The van der Waals surface area contributed by atoms with Crippen molar-refractivity contribution in [3.8, 4) is 0 Å². The van der Waals surface area contributed by atoms with Crippen molar-refractivity contribution in [3.05, 3.63) is 0 Å². The highest BCUT2D eigenvalue weighted by molar-refractivity contribution is 7.99. The molecule has 0 unspecified atom stereocenters. The Bertz CT molecular complexity index is 321. The third-order valence-electron chi connectivity index (χ3n) is 3.75. The van der Waals surface area contributed by atoms with Crippen LogP contribution in [0.2, 0.25) is 0 Å². The number of thioether (sulfide) groups is 1. The van der Waals surface area contributed by atoms with E-state index in [1.165, 1.54) is 19.3 Å². The minimum absolute atomic E-state index is 0.0288. The Morgan fingerprint density at radius 2 is 1.90 bits per heavy atom. The molecule has 1 saturated carbocycles. The topological polar surface area (TPSA) is 58.2 Å². The molecular weight excluding hydrogens is 272 g/mol. The molecule has 0 aromatic heterocycles. The highest BCUT2D eigenvalue weighted by atomic mass is 32.2. The molecule has 20 heavy (non-hydrogen) atoms. The number of rotatable bonds is 7. The van der Waals surface area contributed by atoms with E-state index in [-0.39, 0.29) is 24.4 Å². The monoisotopic (exact) mass is 300 g/mol. The van der Waals surface area contributed by atoms with Gasteiger partial charge in [-0.05, 0) is 31.4 Å². The number of hydrogen-bond donors (Lipinski definition) is 2. The van der Waals surface area contributed by atoms with Crippen LogP contribution in [0.4, 0.5) is 0 Å². The second kappa shape index (κ2) is 9.27. The highest BCUT2D eigenvalue weighted by Gasteiger charge is 2.25. The highest BCUT2D eigenvalue weighted by Crippen LogP contribution is 2.26. The first kappa shape index (κ1) is 17.3. The van der Waals surface area contributed by atoms with Crippen LogP contribution in [0.25, 0.3) is 0 Å². The fraction of sp³-hybridized carbons (Fsp3) is 0.867. The van der Waals surface area contributed by atoms with Gasteiger partial charge in [0.05, 0.1) is 6.54 Å². The predicted octanol–water partition coefficient (Wildman–Crippen LogP) is 2.33. The van der Waals surface area contributed by atoms with Crippen LogP contribution < -0.4 is 10.6 Å². The molecule has 0 bridgehead atoms. The molecule has 2 N–H and O–H groups in total. The Kier molecular flexibility index (Phi) is 8.04. The van der Waals surface area contributed by atoms with Gasteiger partial charge in [0.15, 0.2) is 0 Å². The maximum absolute atomic E-state index is 11.9. The molecule has 0 saturated heterocycles. The van der Waals surface area contributed by atoms with Crippen molar-refractivity contribution in [2.75, 3.05) is 12.8 Å². The predicted molar refractivity (Wildman–Crippen MR) is 84.8 cm³/mol. The minimum Gasteiger partial charge on any atom is -0.351 e. The van der Waals surface area contributed by atoms with Crippen molar-refractivity contribution in [3.63, 3.8) is 0 Å². The fourth-order valence-electron chi connectivity index (χ4n) is 2.49. The maximum Gasteiger partial charge on any atom is 0.239 e. The third kappa shape index (κ3) is 6.64. The van der Waals surface area contributed by atoms with Crippen molar-refractivity contribution in [2.24, 2.45) is 5.92 Å². The Balaban J connectivity index is 2.23. The summed E-state index contributed by atoms with van der Waals surface area (Å²) in [6.45, 7) is 4.28. The Morgan fingerprint density at radius 3 is 2.55 bits per heavy atom. The van der Waals surface area contributed by atoms with Gasteiger partial charge in [0.2, 0.25) is 11.8 Å². The van der Waals surface area contributed by atoms with Crippen LogP contribution in [0, 0.1) is 5.92 Å². The Hall–Kier alpha value is -0.710. The normalized spacial score (nSPS) is 22.6. The van der Waals surface area contributed by atoms with Gasteiger partial charge in [-0.2, -0.15) is 11.8 Å². The summed E-state index contributed by atoms with van der Waals surface area (Å²) in [5, 5.41) is 6.29. The smallest absolute Gasteiger partial charge is 0.239 e. The van der Waals surface area contributed by atoms with E-state index in [1.54, 1.807) is 0 Å². The summed E-state index contributed by atoms with van der Waals surface area (Å²) in [6, 6.07) is 0.263. The Morgan fingerprint density at radius 1 is 1.20 bits per heavy atom. The summed E-state index contributed by atoms with van der Waals surface area (Å²) in [5.41, 5.74) is 0. The summed E-state index contributed by atoms with van der Waals surface area (Å²) in [6.07, 6.45) is 8.13. The maximum atomic E-state index is 11.9. The van der Waals surface area contributed by atoms with Gasteiger partial charge in [0, 0.05) is 17.7 Å². The molecule has 116 valence electrons. The van der Waals surface area contributed by atoms with Gasteiger partial charge in [-0.1, -0.05) is 26.7 Å². The molecule has 1 fully saturated rings. The van der Waals surface area contributed by atoms with Gasteiger partial charge in [-0.25, -0.2) is 0 Å². The van der Waals surface area contributed by atoms with Gasteiger partial charge >= 0.3 is 0 Å². The van der Waals surface area contributed by atoms with E-state index in [9.17, 15) is 9.59 Å². The molecule has 0 aliphatic heterocycles. The van der Waals surface area contributed by atoms with Gasteiger partial charge in [0.1, 0.15) is 0 Å². The fourth-order valence-corrected chi connectivity index (χ4v) is 3.42. The first-order chi connectivity index (χ1) is 9.52. The van der Waals surface area contributed by atoms with E-state index in [0.29, 0.717) is 17.6 Å². The largest absolute Gasteiger partial charge is 0.351 e. The van der Waals surface area contributed by atoms with E-state index in [4.69, 9.17) is 0 Å². The molecule has 0 spiro atoms. The van der Waals surface area contributed by atoms with Crippen molar-refractivity contribution >= 4 is 23.6 Å². The number of carbonyl (C=O) groups is 2. The molecule has 0 radical (unpaired) electrons. The van der Waals surface area contributed by atoms with Crippen molar-refractivity contribution in [1.29, 1.82) is 0 Å². The first-order valence-corrected chi connectivity index (χ1v) is 8.90. The third-order valence-corrected chi connectivity index (χ3v) is 4.92. The van der Waals surface area contributed by atoms with E-state index < -0.39 is 0 Å². The zero-order valence-electron chi connectivity index (χ0n) is 12.9. The second-order valence-electron chi connectivity index (χ2n) is 5.94. The molecular formula is C15H28N2O2S. The quantitative estimate of drug-likeness (QED) is 0.758. The molecule has 1 rings (SSSR count). The number of amides is 2. The average Bonchev–Trinajstić information content (AvgIpc) is 2.43. The van der Waals surface area contributed by atoms with Gasteiger partial charge < -0.3 is 10.6 Å². The molecule has 5 heteroatoms. The van der Waals surface area contributed by atoms with Crippen LogP contribution in [-0.4, -0.2) is 35.9 Å². The molecule has 2 amide bonds. The second-order valence-corrected chi connectivity index (χ2v) is 7.02. The van der Waals surface area contributed by atoms with Gasteiger partial charge in [-0.3, -0.25) is 9.59 Å². The van der Waals surface area contributed by atoms with Crippen molar-refractivity contribution in [1.82, 2.24) is 10.6 Å². The van der Waals surface area contributed by atoms with Crippen molar-refractivity contribution < 1.29 is 9.59 Å².